The molecular formula is C9H7N7O3. The first kappa shape index (κ1) is 11.1. The van der Waals surface area contributed by atoms with Crippen LogP contribution in [0.1, 0.15) is 0 Å². The Kier molecular flexibility index (Phi) is 2.73. The van der Waals surface area contributed by atoms with Crippen molar-refractivity contribution in [2.75, 3.05) is 5.32 Å². The molecule has 10 nitrogen and oxygen atoms in total. The van der Waals surface area contributed by atoms with Crippen LogP contribution in [0.15, 0.2) is 33.6 Å². The third-order valence-electron chi connectivity index (χ3n) is 2.10. The molecule has 10 heteroatoms. The highest BCUT2D eigenvalue weighted by atomic mass is 16.4. The van der Waals surface area contributed by atoms with Crippen LogP contribution < -0.4 is 5.32 Å². The molecule has 0 aliphatic heterocycles. The highest BCUT2D eigenvalue weighted by Crippen LogP contribution is 2.19. The monoisotopic (exact) mass is 261 g/mol. The molecule has 0 bridgehead atoms. The summed E-state index contributed by atoms with van der Waals surface area (Å²) in [6.45, 7) is -0.0501. The quantitative estimate of drug-likeness (QED) is 0.693. The number of amides is 1. The van der Waals surface area contributed by atoms with Crippen molar-refractivity contribution in [1.29, 1.82) is 0 Å². The van der Waals surface area contributed by atoms with Crippen molar-refractivity contribution in [3.63, 3.8) is 0 Å². The van der Waals surface area contributed by atoms with E-state index in [2.05, 4.69) is 31.0 Å². The van der Waals surface area contributed by atoms with E-state index in [1.165, 1.54) is 17.3 Å². The summed E-state index contributed by atoms with van der Waals surface area (Å²) in [7, 11) is 0. The van der Waals surface area contributed by atoms with Crippen LogP contribution in [0.25, 0.3) is 11.7 Å². The van der Waals surface area contributed by atoms with Crippen LogP contribution in [0.5, 0.6) is 0 Å². The zero-order valence-electron chi connectivity index (χ0n) is 9.42. The van der Waals surface area contributed by atoms with E-state index in [1.54, 1.807) is 12.1 Å². The Morgan fingerprint density at radius 2 is 2.37 bits per heavy atom. The molecule has 0 aliphatic carbocycles. The zero-order chi connectivity index (χ0) is 13.1. The van der Waals surface area contributed by atoms with Gasteiger partial charge in [-0.15, -0.1) is 10.2 Å². The van der Waals surface area contributed by atoms with Crippen molar-refractivity contribution in [2.24, 2.45) is 0 Å². The third kappa shape index (κ3) is 2.46. The number of furan rings is 1. The zero-order valence-corrected chi connectivity index (χ0v) is 9.42. The molecule has 0 fully saturated rings. The van der Waals surface area contributed by atoms with Crippen molar-refractivity contribution < 1.29 is 13.6 Å². The number of tetrazole rings is 1. The Balaban J connectivity index is 1.65. The smallest absolute Gasteiger partial charge is 0.322 e. The van der Waals surface area contributed by atoms with Gasteiger partial charge in [0.15, 0.2) is 5.76 Å². The molecular weight excluding hydrogens is 254 g/mol. The SMILES string of the molecule is O=C(Cn1cnnn1)Nc1nnc(-c2ccco2)o1. The molecule has 3 rings (SSSR count). The number of nitrogens with zero attached hydrogens (tertiary/aromatic N) is 6. The van der Waals surface area contributed by atoms with Gasteiger partial charge in [-0.3, -0.25) is 10.1 Å². The summed E-state index contributed by atoms with van der Waals surface area (Å²) >= 11 is 0. The molecule has 0 unspecified atom stereocenters. The predicted molar refractivity (Wildman–Crippen MR) is 58.4 cm³/mol. The van der Waals surface area contributed by atoms with Crippen LogP contribution in [0.2, 0.25) is 0 Å². The van der Waals surface area contributed by atoms with Crippen LogP contribution in [-0.4, -0.2) is 36.3 Å². The van der Waals surface area contributed by atoms with Gasteiger partial charge in [-0.05, 0) is 22.6 Å². The Morgan fingerprint density at radius 3 is 3.11 bits per heavy atom. The molecule has 1 amide bonds. The lowest BCUT2D eigenvalue weighted by molar-refractivity contribution is -0.117. The number of hydrogen-bond acceptors (Lipinski definition) is 8. The summed E-state index contributed by atoms with van der Waals surface area (Å²) in [5.74, 6) is 0.221. The Bertz CT molecular complexity index is 658. The van der Waals surface area contributed by atoms with Gasteiger partial charge in [-0.25, -0.2) is 4.68 Å². The number of anilines is 1. The Morgan fingerprint density at radius 1 is 1.42 bits per heavy atom. The lowest BCUT2D eigenvalue weighted by atomic mass is 10.5. The molecule has 3 aromatic heterocycles. The predicted octanol–water partition coefficient (Wildman–Crippen LogP) is -0.0452. The van der Waals surface area contributed by atoms with Crippen LogP contribution in [0, 0.1) is 0 Å². The van der Waals surface area contributed by atoms with Crippen molar-refractivity contribution in [1.82, 2.24) is 30.4 Å². The minimum absolute atomic E-state index is 0.0236. The van der Waals surface area contributed by atoms with Crippen LogP contribution in [0.4, 0.5) is 6.01 Å². The van der Waals surface area contributed by atoms with E-state index in [0.717, 1.165) is 0 Å². The van der Waals surface area contributed by atoms with E-state index >= 15 is 0 Å². The summed E-state index contributed by atoms with van der Waals surface area (Å²) < 4.78 is 11.6. The first-order chi connectivity index (χ1) is 9.31. The van der Waals surface area contributed by atoms with Crippen LogP contribution in [-0.2, 0) is 11.3 Å². The Labute approximate surface area is 105 Å². The number of rotatable bonds is 4. The van der Waals surface area contributed by atoms with Gasteiger partial charge in [0.25, 0.3) is 5.89 Å². The maximum absolute atomic E-state index is 11.6. The van der Waals surface area contributed by atoms with Gasteiger partial charge < -0.3 is 8.83 Å². The van der Waals surface area contributed by atoms with Crippen LogP contribution >= 0.6 is 0 Å². The van der Waals surface area contributed by atoms with Crippen molar-refractivity contribution in [2.45, 2.75) is 6.54 Å². The molecule has 0 aromatic carbocycles. The summed E-state index contributed by atoms with van der Waals surface area (Å²) in [6.07, 6.45) is 2.80. The van der Waals surface area contributed by atoms with E-state index in [-0.39, 0.29) is 24.4 Å². The average Bonchev–Trinajstić information content (AvgIpc) is 3.09. The highest BCUT2D eigenvalue weighted by Gasteiger charge is 2.13. The topological polar surface area (TPSA) is 125 Å². The van der Waals surface area contributed by atoms with Crippen molar-refractivity contribution in [3.05, 3.63) is 24.7 Å². The van der Waals surface area contributed by atoms with Gasteiger partial charge in [-0.1, -0.05) is 5.10 Å². The summed E-state index contributed by atoms with van der Waals surface area (Å²) in [5, 5.41) is 20.2. The fourth-order valence-electron chi connectivity index (χ4n) is 1.33. The molecule has 0 radical (unpaired) electrons. The minimum atomic E-state index is -0.387. The number of aromatic nitrogens is 6. The third-order valence-corrected chi connectivity index (χ3v) is 2.10. The average molecular weight is 261 g/mol. The molecule has 0 saturated heterocycles. The maximum Gasteiger partial charge on any atom is 0.322 e. The second-order valence-corrected chi connectivity index (χ2v) is 3.45. The second-order valence-electron chi connectivity index (χ2n) is 3.45. The van der Waals surface area contributed by atoms with E-state index in [0.29, 0.717) is 5.76 Å². The van der Waals surface area contributed by atoms with Gasteiger partial charge in [-0.2, -0.15) is 0 Å². The normalized spacial score (nSPS) is 10.5. The van der Waals surface area contributed by atoms with Gasteiger partial charge in [0.2, 0.25) is 5.91 Å². The lowest BCUT2D eigenvalue weighted by Crippen LogP contribution is -2.19. The maximum atomic E-state index is 11.6. The summed E-state index contributed by atoms with van der Waals surface area (Å²) in [5.41, 5.74) is 0. The molecule has 19 heavy (non-hydrogen) atoms. The standard InChI is InChI=1S/C9H7N7O3/c17-7(4-16-5-10-14-15-16)11-9-13-12-8(19-9)6-2-1-3-18-6/h1-3,5H,4H2,(H,11,13,17). The van der Waals surface area contributed by atoms with E-state index < -0.39 is 0 Å². The first-order valence-corrected chi connectivity index (χ1v) is 5.19. The van der Waals surface area contributed by atoms with Crippen molar-refractivity contribution >= 4 is 11.9 Å². The fraction of sp³-hybridized carbons (Fsp3) is 0.111. The van der Waals surface area contributed by atoms with Crippen molar-refractivity contribution in [3.8, 4) is 11.7 Å². The van der Waals surface area contributed by atoms with Crippen LogP contribution in [0.3, 0.4) is 0 Å². The second kappa shape index (κ2) is 4.68. The molecule has 3 aromatic rings. The number of carbonyl (C=O) groups is 1. The number of nitrogens with one attached hydrogen (secondary N) is 1. The Hall–Kier alpha value is -3.04. The number of hydrogen-bond donors (Lipinski definition) is 1. The van der Waals surface area contributed by atoms with Gasteiger partial charge in [0.1, 0.15) is 12.9 Å². The minimum Gasteiger partial charge on any atom is -0.459 e. The summed E-state index contributed by atoms with van der Waals surface area (Å²) in [6, 6.07) is 3.33. The molecule has 0 spiro atoms. The summed E-state index contributed by atoms with van der Waals surface area (Å²) in [4.78, 5) is 11.6. The molecule has 1 N–H and O–H groups in total. The fourth-order valence-corrected chi connectivity index (χ4v) is 1.33. The van der Waals surface area contributed by atoms with E-state index in [4.69, 9.17) is 8.83 Å². The molecule has 96 valence electrons. The van der Waals surface area contributed by atoms with Gasteiger partial charge in [0.05, 0.1) is 6.26 Å². The molecule has 3 heterocycles. The van der Waals surface area contributed by atoms with Gasteiger partial charge >= 0.3 is 6.01 Å². The van der Waals surface area contributed by atoms with Gasteiger partial charge in [0, 0.05) is 0 Å². The van der Waals surface area contributed by atoms with E-state index in [1.807, 2.05) is 0 Å². The first-order valence-electron chi connectivity index (χ1n) is 5.19. The van der Waals surface area contributed by atoms with E-state index in [9.17, 15) is 4.79 Å². The molecule has 0 saturated carbocycles. The number of carbonyl (C=O) groups excluding carboxylic acids is 1. The molecule has 0 atom stereocenters. The molecule has 0 aliphatic rings. The largest absolute Gasteiger partial charge is 0.459 e. The lowest BCUT2D eigenvalue weighted by Gasteiger charge is -1.98. The highest BCUT2D eigenvalue weighted by molar-refractivity contribution is 5.88.